The normalized spacial score (nSPS) is 17.7. The Bertz CT molecular complexity index is 288. The van der Waals surface area contributed by atoms with Crippen LogP contribution in [0.1, 0.15) is 58.3 Å². The highest BCUT2D eigenvalue weighted by molar-refractivity contribution is 5.75. The number of aliphatic carboxylic acids is 1. The standard InChI is InChI=1S/C14H26N2O3/c1-11(7-8-12-5-3-2-4-6-12)16-14(19)15-10-9-13(17)18/h11-12H,2-10H2,1H3,(H,17,18)(H2,15,16,19). The molecule has 5 nitrogen and oxygen atoms in total. The van der Waals surface area contributed by atoms with Crippen LogP contribution in [0.5, 0.6) is 0 Å². The number of carbonyl (C=O) groups is 2. The summed E-state index contributed by atoms with van der Waals surface area (Å²) in [5, 5.41) is 13.9. The molecule has 0 saturated heterocycles. The SMILES string of the molecule is CC(CCC1CCCCC1)NC(=O)NCCC(=O)O. The van der Waals surface area contributed by atoms with Crippen LogP contribution in [0.3, 0.4) is 0 Å². The minimum Gasteiger partial charge on any atom is -0.481 e. The van der Waals surface area contributed by atoms with Crippen molar-refractivity contribution in [3.63, 3.8) is 0 Å². The van der Waals surface area contributed by atoms with Gasteiger partial charge in [-0.3, -0.25) is 4.79 Å². The topological polar surface area (TPSA) is 78.4 Å². The van der Waals surface area contributed by atoms with Crippen LogP contribution in [-0.2, 0) is 4.79 Å². The van der Waals surface area contributed by atoms with Crippen molar-refractivity contribution >= 4 is 12.0 Å². The van der Waals surface area contributed by atoms with E-state index in [1.165, 1.54) is 38.5 Å². The molecule has 1 unspecified atom stereocenters. The van der Waals surface area contributed by atoms with Gasteiger partial charge in [0.1, 0.15) is 0 Å². The fourth-order valence-electron chi connectivity index (χ4n) is 2.59. The Balaban J connectivity index is 2.06. The van der Waals surface area contributed by atoms with Crippen molar-refractivity contribution in [1.29, 1.82) is 0 Å². The second-order valence-electron chi connectivity index (χ2n) is 5.53. The number of rotatable bonds is 7. The minimum atomic E-state index is -0.898. The van der Waals surface area contributed by atoms with Crippen LogP contribution in [0.4, 0.5) is 4.79 Å². The van der Waals surface area contributed by atoms with Crippen molar-refractivity contribution in [2.75, 3.05) is 6.54 Å². The van der Waals surface area contributed by atoms with E-state index in [0.717, 1.165) is 12.3 Å². The predicted octanol–water partition coefficient (Wildman–Crippen LogP) is 2.51. The molecule has 0 bridgehead atoms. The quantitative estimate of drug-likeness (QED) is 0.665. The lowest BCUT2D eigenvalue weighted by Gasteiger charge is -2.23. The molecule has 3 N–H and O–H groups in total. The second kappa shape index (κ2) is 8.77. The van der Waals surface area contributed by atoms with Crippen LogP contribution in [0.25, 0.3) is 0 Å². The molecule has 1 rings (SSSR count). The van der Waals surface area contributed by atoms with Crippen LogP contribution < -0.4 is 10.6 Å². The molecule has 1 fully saturated rings. The maximum Gasteiger partial charge on any atom is 0.315 e. The van der Waals surface area contributed by atoms with Gasteiger partial charge >= 0.3 is 12.0 Å². The van der Waals surface area contributed by atoms with Gasteiger partial charge < -0.3 is 15.7 Å². The lowest BCUT2D eigenvalue weighted by molar-refractivity contribution is -0.136. The van der Waals surface area contributed by atoms with Crippen molar-refractivity contribution in [3.8, 4) is 0 Å². The molecule has 0 aromatic heterocycles. The van der Waals surface area contributed by atoms with E-state index < -0.39 is 5.97 Å². The summed E-state index contributed by atoms with van der Waals surface area (Å²) in [6.45, 7) is 2.18. The largest absolute Gasteiger partial charge is 0.481 e. The van der Waals surface area contributed by atoms with Crippen molar-refractivity contribution in [1.82, 2.24) is 10.6 Å². The highest BCUT2D eigenvalue weighted by Crippen LogP contribution is 2.27. The first-order valence-electron chi connectivity index (χ1n) is 7.34. The fraction of sp³-hybridized carbons (Fsp3) is 0.857. The number of amides is 2. The highest BCUT2D eigenvalue weighted by atomic mass is 16.4. The lowest BCUT2D eigenvalue weighted by atomic mass is 9.85. The molecule has 1 aliphatic carbocycles. The average molecular weight is 270 g/mol. The molecule has 0 aromatic rings. The summed E-state index contributed by atoms with van der Waals surface area (Å²) < 4.78 is 0. The first-order valence-corrected chi connectivity index (χ1v) is 7.34. The van der Waals surface area contributed by atoms with E-state index in [4.69, 9.17) is 5.11 Å². The summed E-state index contributed by atoms with van der Waals surface area (Å²) in [4.78, 5) is 21.8. The molecule has 110 valence electrons. The van der Waals surface area contributed by atoms with E-state index in [2.05, 4.69) is 10.6 Å². The third-order valence-electron chi connectivity index (χ3n) is 3.73. The van der Waals surface area contributed by atoms with E-state index in [9.17, 15) is 9.59 Å². The zero-order chi connectivity index (χ0) is 14.1. The van der Waals surface area contributed by atoms with Crippen molar-refractivity contribution in [2.24, 2.45) is 5.92 Å². The second-order valence-corrected chi connectivity index (χ2v) is 5.53. The molecule has 0 aromatic carbocycles. The summed E-state index contributed by atoms with van der Waals surface area (Å²) in [7, 11) is 0. The zero-order valence-electron chi connectivity index (χ0n) is 11.8. The maximum atomic E-state index is 11.5. The van der Waals surface area contributed by atoms with Crippen LogP contribution >= 0.6 is 0 Å². The molecule has 0 spiro atoms. The lowest BCUT2D eigenvalue weighted by Crippen LogP contribution is -2.41. The average Bonchev–Trinajstić information content (AvgIpc) is 2.37. The number of nitrogens with one attached hydrogen (secondary N) is 2. The summed E-state index contributed by atoms with van der Waals surface area (Å²) in [6, 6.07) is -0.121. The smallest absolute Gasteiger partial charge is 0.315 e. The van der Waals surface area contributed by atoms with Gasteiger partial charge in [-0.05, 0) is 25.7 Å². The van der Waals surface area contributed by atoms with Gasteiger partial charge in [-0.15, -0.1) is 0 Å². The third kappa shape index (κ3) is 7.70. The Labute approximate surface area is 115 Å². The van der Waals surface area contributed by atoms with Gasteiger partial charge in [0.25, 0.3) is 0 Å². The molecule has 5 heteroatoms. The van der Waals surface area contributed by atoms with Crippen LogP contribution in [0.15, 0.2) is 0 Å². The number of hydrogen-bond donors (Lipinski definition) is 3. The molecule has 1 aliphatic rings. The molecular formula is C14H26N2O3. The number of carboxylic acid groups (broad SMARTS) is 1. The molecule has 0 heterocycles. The van der Waals surface area contributed by atoms with Gasteiger partial charge in [0.05, 0.1) is 6.42 Å². The summed E-state index contributed by atoms with van der Waals surface area (Å²) in [6.07, 6.45) is 8.87. The molecule has 2 amide bonds. The molecule has 19 heavy (non-hydrogen) atoms. The van der Waals surface area contributed by atoms with Gasteiger partial charge in [-0.2, -0.15) is 0 Å². The van der Waals surface area contributed by atoms with Gasteiger partial charge in [0.2, 0.25) is 0 Å². The Morgan fingerprint density at radius 2 is 1.95 bits per heavy atom. The monoisotopic (exact) mass is 270 g/mol. The Morgan fingerprint density at radius 1 is 1.26 bits per heavy atom. The van der Waals surface area contributed by atoms with E-state index in [0.29, 0.717) is 0 Å². The zero-order valence-corrected chi connectivity index (χ0v) is 11.8. The summed E-state index contributed by atoms with van der Waals surface area (Å²) >= 11 is 0. The maximum absolute atomic E-state index is 11.5. The highest BCUT2D eigenvalue weighted by Gasteiger charge is 2.15. The van der Waals surface area contributed by atoms with Crippen LogP contribution in [0, 0.1) is 5.92 Å². The first kappa shape index (κ1) is 15.8. The summed E-state index contributed by atoms with van der Waals surface area (Å²) in [5.41, 5.74) is 0. The van der Waals surface area contributed by atoms with Gasteiger partial charge in [-0.25, -0.2) is 4.79 Å². The van der Waals surface area contributed by atoms with E-state index in [1.54, 1.807) is 0 Å². The number of urea groups is 1. The van der Waals surface area contributed by atoms with Crippen molar-refractivity contribution in [3.05, 3.63) is 0 Å². The fourth-order valence-corrected chi connectivity index (χ4v) is 2.59. The molecule has 0 aliphatic heterocycles. The third-order valence-corrected chi connectivity index (χ3v) is 3.73. The molecule has 1 saturated carbocycles. The number of carbonyl (C=O) groups excluding carboxylic acids is 1. The Kier molecular flexibility index (Phi) is 7.30. The van der Waals surface area contributed by atoms with Crippen molar-refractivity contribution in [2.45, 2.75) is 64.3 Å². The number of hydrogen-bond acceptors (Lipinski definition) is 2. The van der Waals surface area contributed by atoms with E-state index in [1.807, 2.05) is 6.92 Å². The first-order chi connectivity index (χ1) is 9.08. The van der Waals surface area contributed by atoms with Crippen LogP contribution in [-0.4, -0.2) is 29.7 Å². The molecule has 0 radical (unpaired) electrons. The summed E-state index contributed by atoms with van der Waals surface area (Å²) in [5.74, 6) is -0.0706. The van der Waals surface area contributed by atoms with Gasteiger partial charge in [0, 0.05) is 12.6 Å². The number of carboxylic acids is 1. The molecular weight excluding hydrogens is 244 g/mol. The van der Waals surface area contributed by atoms with Gasteiger partial charge in [0.15, 0.2) is 0 Å². The van der Waals surface area contributed by atoms with E-state index in [-0.39, 0.29) is 25.0 Å². The van der Waals surface area contributed by atoms with Crippen molar-refractivity contribution < 1.29 is 14.7 Å². The Morgan fingerprint density at radius 3 is 2.58 bits per heavy atom. The predicted molar refractivity (Wildman–Crippen MR) is 74.1 cm³/mol. The minimum absolute atomic E-state index is 0.0378. The Hall–Kier alpha value is -1.26. The molecule has 1 atom stereocenters. The van der Waals surface area contributed by atoms with E-state index >= 15 is 0 Å². The van der Waals surface area contributed by atoms with Gasteiger partial charge in [-0.1, -0.05) is 32.1 Å². The van der Waals surface area contributed by atoms with Crippen LogP contribution in [0.2, 0.25) is 0 Å².